The third-order valence-electron chi connectivity index (χ3n) is 5.73. The molecule has 0 aliphatic heterocycles. The van der Waals surface area contributed by atoms with Gasteiger partial charge in [0.2, 0.25) is 10.0 Å². The van der Waals surface area contributed by atoms with E-state index in [-0.39, 0.29) is 16.4 Å². The summed E-state index contributed by atoms with van der Waals surface area (Å²) < 4.78 is 32.6. The molecule has 3 rings (SSSR count). The Morgan fingerprint density at radius 2 is 1.76 bits per heavy atom. The fourth-order valence-corrected chi connectivity index (χ4v) is 5.27. The topological polar surface area (TPSA) is 95.6 Å². The molecule has 2 aromatic carbocycles. The third kappa shape index (κ3) is 5.66. The van der Waals surface area contributed by atoms with Gasteiger partial charge < -0.3 is 9.64 Å². The smallest absolute Gasteiger partial charge is 0.257 e. The number of amides is 1. The van der Waals surface area contributed by atoms with Crippen molar-refractivity contribution in [1.82, 2.24) is 19.4 Å². The molecule has 0 atom stereocenters. The Morgan fingerprint density at radius 1 is 1.06 bits per heavy atom. The fraction of sp³-hybridized carbons (Fsp3) is 0.360. The summed E-state index contributed by atoms with van der Waals surface area (Å²) >= 11 is 0. The molecule has 182 valence electrons. The van der Waals surface area contributed by atoms with Gasteiger partial charge in [0.15, 0.2) is 0 Å². The predicted octanol–water partition coefficient (Wildman–Crippen LogP) is 3.82. The van der Waals surface area contributed by atoms with Gasteiger partial charge in [-0.05, 0) is 37.1 Å². The van der Waals surface area contributed by atoms with Crippen molar-refractivity contribution in [1.29, 1.82) is 0 Å². The molecule has 0 aliphatic rings. The number of benzene rings is 2. The molecule has 0 fully saturated rings. The van der Waals surface area contributed by atoms with Crippen molar-refractivity contribution in [3.8, 4) is 17.0 Å². The highest BCUT2D eigenvalue weighted by atomic mass is 32.2. The maximum Gasteiger partial charge on any atom is 0.257 e. The fourth-order valence-electron chi connectivity index (χ4n) is 3.79. The Hall–Kier alpha value is -3.17. The molecule has 0 unspecified atom stereocenters. The van der Waals surface area contributed by atoms with Crippen LogP contribution in [0.1, 0.15) is 36.3 Å². The summed E-state index contributed by atoms with van der Waals surface area (Å²) in [6, 6.07) is 16.4. The number of carbonyl (C=O) groups is 1. The number of aryl methyl sites for hydroxylation is 1. The van der Waals surface area contributed by atoms with Crippen LogP contribution in [-0.4, -0.2) is 67.5 Å². The zero-order valence-electron chi connectivity index (χ0n) is 20.1. The maximum absolute atomic E-state index is 13.2. The quantitative estimate of drug-likeness (QED) is 0.446. The lowest BCUT2D eigenvalue weighted by Crippen LogP contribution is -2.31. The number of hydrogen-bond acceptors (Lipinski definition) is 5. The molecule has 0 radical (unpaired) electrons. The summed E-state index contributed by atoms with van der Waals surface area (Å²) in [7, 11) is -0.516. The molecule has 0 spiro atoms. The van der Waals surface area contributed by atoms with Gasteiger partial charge in [0, 0.05) is 37.9 Å². The minimum absolute atomic E-state index is 0.0830. The van der Waals surface area contributed by atoms with Gasteiger partial charge in [0.05, 0.1) is 23.3 Å². The van der Waals surface area contributed by atoms with Crippen LogP contribution < -0.4 is 4.74 Å². The molecule has 1 N–H and O–H groups in total. The second kappa shape index (κ2) is 11.3. The van der Waals surface area contributed by atoms with Crippen molar-refractivity contribution in [3.63, 3.8) is 0 Å². The highest BCUT2D eigenvalue weighted by molar-refractivity contribution is 7.89. The van der Waals surface area contributed by atoms with E-state index in [2.05, 4.69) is 10.2 Å². The Kier molecular flexibility index (Phi) is 8.46. The Bertz CT molecular complexity index is 1200. The molecule has 0 saturated carbocycles. The first-order chi connectivity index (χ1) is 16.3. The highest BCUT2D eigenvalue weighted by Crippen LogP contribution is 2.26. The summed E-state index contributed by atoms with van der Waals surface area (Å²) in [5.74, 6) is 0.0550. The minimum atomic E-state index is -3.69. The van der Waals surface area contributed by atoms with Crippen molar-refractivity contribution in [2.45, 2.75) is 31.6 Å². The lowest BCUT2D eigenvalue weighted by Gasteiger charge is -2.21. The first-order valence-corrected chi connectivity index (χ1v) is 12.8. The normalized spacial score (nSPS) is 11.6. The first-order valence-electron chi connectivity index (χ1n) is 11.3. The molecule has 1 amide bonds. The molecule has 0 aliphatic carbocycles. The van der Waals surface area contributed by atoms with Crippen LogP contribution in [0.5, 0.6) is 5.75 Å². The Balaban J connectivity index is 1.68. The second-order valence-electron chi connectivity index (χ2n) is 7.93. The molecular formula is C25H32N4O4S. The molecule has 9 heteroatoms. The van der Waals surface area contributed by atoms with E-state index in [1.165, 1.54) is 29.6 Å². The molecule has 0 bridgehead atoms. The molecule has 1 aromatic heterocycles. The van der Waals surface area contributed by atoms with Crippen molar-refractivity contribution in [2.24, 2.45) is 0 Å². The van der Waals surface area contributed by atoms with E-state index in [4.69, 9.17) is 4.74 Å². The predicted molar refractivity (Wildman–Crippen MR) is 132 cm³/mol. The summed E-state index contributed by atoms with van der Waals surface area (Å²) in [6.45, 7) is 4.77. The summed E-state index contributed by atoms with van der Waals surface area (Å²) in [5.41, 5.74) is 3.15. The number of nitrogens with zero attached hydrogens (tertiary/aromatic N) is 3. The number of carbonyl (C=O) groups excluding carboxylic acids is 1. The van der Waals surface area contributed by atoms with E-state index in [1.807, 2.05) is 36.4 Å². The molecule has 8 nitrogen and oxygen atoms in total. The standard InChI is InChI=1S/C25H32N4O4S/c1-5-29(6-2)34(31,32)21-14-15-24(33-4)22(18-21)25(30)28(3)16-10-13-20-17-23(27-26-20)19-11-8-7-9-12-19/h7-9,11-12,14-15,17-18H,5-6,10,13,16H2,1-4H3,(H,26,27). The molecule has 34 heavy (non-hydrogen) atoms. The van der Waals surface area contributed by atoms with Gasteiger partial charge in [0.25, 0.3) is 5.91 Å². The maximum atomic E-state index is 13.2. The van der Waals surface area contributed by atoms with Crippen LogP contribution in [0.2, 0.25) is 0 Å². The number of rotatable bonds is 11. The monoisotopic (exact) mass is 484 g/mol. The van der Waals surface area contributed by atoms with Crippen molar-refractivity contribution in [2.75, 3.05) is 33.8 Å². The van der Waals surface area contributed by atoms with Crippen molar-refractivity contribution < 1.29 is 17.9 Å². The van der Waals surface area contributed by atoms with Gasteiger partial charge in [-0.25, -0.2) is 8.42 Å². The summed E-state index contributed by atoms with van der Waals surface area (Å²) in [5, 5.41) is 7.43. The van der Waals surface area contributed by atoms with E-state index in [1.54, 1.807) is 25.8 Å². The lowest BCUT2D eigenvalue weighted by atomic mass is 10.1. The Morgan fingerprint density at radius 3 is 2.41 bits per heavy atom. The number of aromatic nitrogens is 2. The number of H-pyrrole nitrogens is 1. The number of hydrogen-bond donors (Lipinski definition) is 1. The van der Waals surface area contributed by atoms with Gasteiger partial charge in [-0.1, -0.05) is 44.2 Å². The summed E-state index contributed by atoms with van der Waals surface area (Å²) in [6.07, 6.45) is 1.45. The highest BCUT2D eigenvalue weighted by Gasteiger charge is 2.25. The average Bonchev–Trinajstić information content (AvgIpc) is 3.33. The van der Waals surface area contributed by atoms with E-state index in [0.717, 1.165) is 29.8 Å². The van der Waals surface area contributed by atoms with E-state index >= 15 is 0 Å². The van der Waals surface area contributed by atoms with Crippen molar-refractivity contribution in [3.05, 3.63) is 65.9 Å². The van der Waals surface area contributed by atoms with E-state index in [0.29, 0.717) is 25.4 Å². The SMILES string of the molecule is CCN(CC)S(=O)(=O)c1ccc(OC)c(C(=O)N(C)CCCc2cc(-c3ccccc3)n[nH]2)c1. The summed E-state index contributed by atoms with van der Waals surface area (Å²) in [4.78, 5) is 14.8. The number of aromatic amines is 1. The van der Waals surface area contributed by atoms with Crippen LogP contribution in [0.15, 0.2) is 59.5 Å². The third-order valence-corrected chi connectivity index (χ3v) is 7.78. The van der Waals surface area contributed by atoms with E-state index < -0.39 is 10.0 Å². The largest absolute Gasteiger partial charge is 0.496 e. The minimum Gasteiger partial charge on any atom is -0.496 e. The zero-order valence-corrected chi connectivity index (χ0v) is 20.9. The first kappa shape index (κ1) is 25.5. The van der Waals surface area contributed by atoms with Gasteiger partial charge in [-0.3, -0.25) is 9.89 Å². The molecule has 3 aromatic rings. The second-order valence-corrected chi connectivity index (χ2v) is 9.86. The van der Waals surface area contributed by atoms with Gasteiger partial charge >= 0.3 is 0 Å². The van der Waals surface area contributed by atoms with Crippen LogP contribution in [0.25, 0.3) is 11.3 Å². The number of nitrogens with one attached hydrogen (secondary N) is 1. The van der Waals surface area contributed by atoms with Gasteiger partial charge in [0.1, 0.15) is 5.75 Å². The Labute approximate surface area is 201 Å². The van der Waals surface area contributed by atoms with Gasteiger partial charge in [-0.2, -0.15) is 9.40 Å². The van der Waals surface area contributed by atoms with Crippen LogP contribution >= 0.6 is 0 Å². The number of ether oxygens (including phenoxy) is 1. The van der Waals surface area contributed by atoms with Crippen LogP contribution in [0.4, 0.5) is 0 Å². The number of methoxy groups -OCH3 is 1. The lowest BCUT2D eigenvalue weighted by molar-refractivity contribution is 0.0790. The van der Waals surface area contributed by atoms with Crippen LogP contribution in [-0.2, 0) is 16.4 Å². The average molecular weight is 485 g/mol. The molecule has 0 saturated heterocycles. The van der Waals surface area contributed by atoms with Crippen LogP contribution in [0, 0.1) is 0 Å². The molecular weight excluding hydrogens is 452 g/mol. The number of sulfonamides is 1. The molecule has 1 heterocycles. The zero-order chi connectivity index (χ0) is 24.7. The van der Waals surface area contributed by atoms with Crippen molar-refractivity contribution >= 4 is 15.9 Å². The van der Waals surface area contributed by atoms with Crippen LogP contribution in [0.3, 0.4) is 0 Å². The van der Waals surface area contributed by atoms with Gasteiger partial charge in [-0.15, -0.1) is 0 Å². The van der Waals surface area contributed by atoms with E-state index in [9.17, 15) is 13.2 Å².